The Labute approximate surface area is 204 Å². The lowest BCUT2D eigenvalue weighted by Gasteiger charge is -2.35. The van der Waals surface area contributed by atoms with Crippen molar-refractivity contribution in [1.82, 2.24) is 14.7 Å². The first kappa shape index (κ1) is 25.2. The summed E-state index contributed by atoms with van der Waals surface area (Å²) in [6, 6.07) is 3.15. The lowest BCUT2D eigenvalue weighted by Crippen LogP contribution is -2.53. The largest absolute Gasteiger partial charge is 0.417 e. The van der Waals surface area contributed by atoms with Crippen LogP contribution in [-0.2, 0) is 25.4 Å². The van der Waals surface area contributed by atoms with E-state index in [1.165, 1.54) is 6.07 Å². The number of nitrogens with zero attached hydrogens (tertiary/aromatic N) is 3. The van der Waals surface area contributed by atoms with Crippen molar-refractivity contribution >= 4 is 40.9 Å². The molecular weight excluding hydrogens is 489 g/mol. The Kier molecular flexibility index (Phi) is 7.18. The Hall–Kier alpha value is -2.92. The minimum atomic E-state index is -4.64. The van der Waals surface area contributed by atoms with Crippen molar-refractivity contribution in [3.63, 3.8) is 0 Å². The van der Waals surface area contributed by atoms with Crippen LogP contribution in [0.2, 0.25) is 5.02 Å². The van der Waals surface area contributed by atoms with E-state index in [4.69, 9.17) is 11.6 Å². The average molecular weight is 513 g/mol. The normalized spacial score (nSPS) is 23.0. The van der Waals surface area contributed by atoms with E-state index in [0.717, 1.165) is 17.0 Å². The van der Waals surface area contributed by atoms with E-state index in [2.05, 4.69) is 5.32 Å². The zero-order valence-electron chi connectivity index (χ0n) is 18.7. The fourth-order valence-electron chi connectivity index (χ4n) is 4.64. The van der Waals surface area contributed by atoms with Crippen molar-refractivity contribution in [2.45, 2.75) is 19.0 Å². The first-order chi connectivity index (χ1) is 16.5. The van der Waals surface area contributed by atoms with Gasteiger partial charge in [0.25, 0.3) is 0 Å². The molecule has 2 saturated heterocycles. The van der Waals surface area contributed by atoms with Gasteiger partial charge in [0.15, 0.2) is 0 Å². The van der Waals surface area contributed by atoms with Gasteiger partial charge in [0.2, 0.25) is 23.6 Å². The molecule has 0 bridgehead atoms. The number of alkyl halides is 3. The molecule has 0 unspecified atom stereocenters. The third-order valence-electron chi connectivity index (χ3n) is 6.54. The van der Waals surface area contributed by atoms with Gasteiger partial charge in [-0.05, 0) is 31.0 Å². The highest BCUT2D eigenvalue weighted by Crippen LogP contribution is 2.36. The van der Waals surface area contributed by atoms with E-state index < -0.39 is 22.7 Å². The highest BCUT2D eigenvalue weighted by molar-refractivity contribution is 6.31. The molecule has 4 rings (SSSR count). The van der Waals surface area contributed by atoms with Crippen molar-refractivity contribution in [3.8, 4) is 0 Å². The van der Waals surface area contributed by atoms with E-state index >= 15 is 0 Å². The quantitative estimate of drug-likeness (QED) is 0.483. The summed E-state index contributed by atoms with van der Waals surface area (Å²) in [5.74, 6) is -2.20. The number of halogens is 4. The van der Waals surface area contributed by atoms with Gasteiger partial charge in [-0.1, -0.05) is 23.8 Å². The Morgan fingerprint density at radius 1 is 0.971 bits per heavy atom. The number of hydrogen-bond donors (Lipinski definition) is 1. The standard InChI is InChI=1S/C23H24ClF3N4O4/c24-18-6-5-14(11-17(18)23(25,26)27)28-19(32)12-29-7-9-30(10-8-29)20(33)13-31-21(34)15-3-1-2-4-16(15)22(31)35/h1-2,5-6,11,15-16H,3-4,7-10,12-13H2,(H,28,32)/t15-,16-/m0/s1. The minimum Gasteiger partial charge on any atom is -0.339 e. The molecule has 1 N–H and O–H groups in total. The number of amides is 4. The molecule has 0 aromatic heterocycles. The first-order valence-electron chi connectivity index (χ1n) is 11.2. The molecule has 8 nitrogen and oxygen atoms in total. The van der Waals surface area contributed by atoms with Crippen molar-refractivity contribution < 1.29 is 32.3 Å². The van der Waals surface area contributed by atoms with Gasteiger partial charge in [0, 0.05) is 31.9 Å². The minimum absolute atomic E-state index is 0.0174. The predicted molar refractivity (Wildman–Crippen MR) is 120 cm³/mol. The number of hydrogen-bond acceptors (Lipinski definition) is 5. The Morgan fingerprint density at radius 3 is 2.14 bits per heavy atom. The lowest BCUT2D eigenvalue weighted by molar-refractivity contribution is -0.147. The van der Waals surface area contributed by atoms with E-state index in [0.29, 0.717) is 39.0 Å². The third-order valence-corrected chi connectivity index (χ3v) is 6.87. The van der Waals surface area contributed by atoms with Crippen LogP contribution in [-0.4, -0.2) is 77.6 Å². The SMILES string of the molecule is O=C(CN1CCN(C(=O)CN2C(=O)[C@H]3CC=CC[C@@H]3C2=O)CC1)Nc1ccc(Cl)c(C(F)(F)F)c1. The van der Waals surface area contributed by atoms with Crippen LogP contribution in [0.3, 0.4) is 0 Å². The molecule has 2 heterocycles. The highest BCUT2D eigenvalue weighted by Gasteiger charge is 2.48. The topological polar surface area (TPSA) is 90.0 Å². The van der Waals surface area contributed by atoms with E-state index in [-0.39, 0.29) is 48.3 Å². The number of fused-ring (bicyclic) bond motifs is 1. The summed E-state index contributed by atoms with van der Waals surface area (Å²) in [6.07, 6.45) is 0.146. The predicted octanol–water partition coefficient (Wildman–Crippen LogP) is 2.39. The molecule has 3 aliphatic rings. The van der Waals surface area contributed by atoms with Gasteiger partial charge in [-0.15, -0.1) is 0 Å². The summed E-state index contributed by atoms with van der Waals surface area (Å²) in [5, 5.41) is 1.98. The van der Waals surface area contributed by atoms with Gasteiger partial charge in [-0.3, -0.25) is 29.0 Å². The number of rotatable bonds is 5. The lowest BCUT2D eigenvalue weighted by atomic mass is 9.85. The van der Waals surface area contributed by atoms with Gasteiger partial charge in [-0.25, -0.2) is 0 Å². The molecule has 12 heteroatoms. The zero-order chi connectivity index (χ0) is 25.3. The number of likely N-dealkylation sites (tertiary alicyclic amines) is 1. The second kappa shape index (κ2) is 9.98. The number of imide groups is 1. The van der Waals surface area contributed by atoms with E-state index in [1.54, 1.807) is 9.80 Å². The highest BCUT2D eigenvalue weighted by atomic mass is 35.5. The zero-order valence-corrected chi connectivity index (χ0v) is 19.4. The number of allylic oxidation sites excluding steroid dienone is 2. The molecule has 0 saturated carbocycles. The van der Waals surface area contributed by atoms with Crippen LogP contribution in [0.15, 0.2) is 30.4 Å². The summed E-state index contributed by atoms with van der Waals surface area (Å²) in [6.45, 7) is 0.982. The smallest absolute Gasteiger partial charge is 0.339 e. The van der Waals surface area contributed by atoms with Crippen LogP contribution in [0.1, 0.15) is 18.4 Å². The molecular formula is C23H24ClF3N4O4. The molecule has 1 aromatic carbocycles. The monoisotopic (exact) mass is 512 g/mol. The molecule has 188 valence electrons. The van der Waals surface area contributed by atoms with Crippen LogP contribution in [0.5, 0.6) is 0 Å². The second-order valence-corrected chi connectivity index (χ2v) is 9.22. The number of benzene rings is 1. The first-order valence-corrected chi connectivity index (χ1v) is 11.6. The fourth-order valence-corrected chi connectivity index (χ4v) is 4.86. The van der Waals surface area contributed by atoms with Gasteiger partial charge in [0.1, 0.15) is 6.54 Å². The van der Waals surface area contributed by atoms with Crippen molar-refractivity contribution in [1.29, 1.82) is 0 Å². The molecule has 2 atom stereocenters. The van der Waals surface area contributed by atoms with Crippen molar-refractivity contribution in [2.75, 3.05) is 44.6 Å². The third kappa shape index (κ3) is 5.51. The Bertz CT molecular complexity index is 1040. The Balaban J connectivity index is 1.25. The van der Waals surface area contributed by atoms with Gasteiger partial charge >= 0.3 is 6.18 Å². The molecule has 35 heavy (non-hydrogen) atoms. The molecule has 0 spiro atoms. The van der Waals surface area contributed by atoms with Crippen LogP contribution >= 0.6 is 11.6 Å². The number of nitrogens with one attached hydrogen (secondary N) is 1. The summed E-state index contributed by atoms with van der Waals surface area (Å²) in [4.78, 5) is 54.6. The van der Waals surface area contributed by atoms with Crippen molar-refractivity contribution in [2.24, 2.45) is 11.8 Å². The molecule has 4 amide bonds. The maximum atomic E-state index is 13.0. The molecule has 0 radical (unpaired) electrons. The number of carbonyl (C=O) groups is 4. The fraction of sp³-hybridized carbons (Fsp3) is 0.478. The Morgan fingerprint density at radius 2 is 1.57 bits per heavy atom. The summed E-state index contributed by atoms with van der Waals surface area (Å²) in [7, 11) is 0. The number of carbonyl (C=O) groups excluding carboxylic acids is 4. The second-order valence-electron chi connectivity index (χ2n) is 8.82. The van der Waals surface area contributed by atoms with Gasteiger partial charge < -0.3 is 10.2 Å². The number of piperazine rings is 1. The van der Waals surface area contributed by atoms with E-state index in [9.17, 15) is 32.3 Å². The number of anilines is 1. The maximum absolute atomic E-state index is 13.0. The van der Waals surface area contributed by atoms with Gasteiger partial charge in [-0.2, -0.15) is 13.2 Å². The summed E-state index contributed by atoms with van der Waals surface area (Å²) >= 11 is 5.60. The summed E-state index contributed by atoms with van der Waals surface area (Å²) < 4.78 is 39.0. The van der Waals surface area contributed by atoms with Crippen molar-refractivity contribution in [3.05, 3.63) is 40.9 Å². The molecule has 2 fully saturated rings. The van der Waals surface area contributed by atoms with E-state index in [1.807, 2.05) is 12.2 Å². The summed E-state index contributed by atoms with van der Waals surface area (Å²) in [5.41, 5.74) is -1.05. The average Bonchev–Trinajstić information content (AvgIpc) is 3.05. The van der Waals surface area contributed by atoms with Crippen LogP contribution < -0.4 is 5.32 Å². The molecule has 1 aromatic rings. The molecule has 1 aliphatic carbocycles. The maximum Gasteiger partial charge on any atom is 0.417 e. The van der Waals surface area contributed by atoms with Crippen LogP contribution in [0.4, 0.5) is 18.9 Å². The van der Waals surface area contributed by atoms with Crippen LogP contribution in [0.25, 0.3) is 0 Å². The molecule has 2 aliphatic heterocycles. The van der Waals surface area contributed by atoms with Crippen LogP contribution in [0, 0.1) is 11.8 Å². The van der Waals surface area contributed by atoms with Gasteiger partial charge in [0.05, 0.1) is 29.0 Å².